The lowest BCUT2D eigenvalue weighted by molar-refractivity contribution is 0.103. The molecule has 0 saturated heterocycles. The highest BCUT2D eigenvalue weighted by atomic mass is 32.1. The quantitative estimate of drug-likeness (QED) is 0.472. The third kappa shape index (κ3) is 4.37. The molecule has 1 N–H and O–H groups in total. The summed E-state index contributed by atoms with van der Waals surface area (Å²) in [5.41, 5.74) is 3.20. The van der Waals surface area contributed by atoms with Gasteiger partial charge in [0.25, 0.3) is 11.5 Å². The highest BCUT2D eigenvalue weighted by Crippen LogP contribution is 2.30. The summed E-state index contributed by atoms with van der Waals surface area (Å²) in [6.45, 7) is 5.40. The lowest BCUT2D eigenvalue weighted by Gasteiger charge is -2.07. The second-order valence-corrected chi connectivity index (χ2v) is 9.45. The number of hydrogen-bond acceptors (Lipinski definition) is 7. The van der Waals surface area contributed by atoms with Gasteiger partial charge in [0.15, 0.2) is 5.13 Å². The number of rotatable bonds is 5. The van der Waals surface area contributed by atoms with E-state index < -0.39 is 0 Å². The van der Waals surface area contributed by atoms with Crippen molar-refractivity contribution in [1.29, 1.82) is 0 Å². The zero-order valence-corrected chi connectivity index (χ0v) is 19.5. The monoisotopic (exact) mass is 469 g/mol. The Balaban J connectivity index is 1.55. The normalized spacial score (nSPS) is 11.0. The molecular weight excluding hydrogens is 449 g/mol. The Morgan fingerprint density at radius 3 is 2.56 bits per heavy atom. The van der Waals surface area contributed by atoms with Crippen molar-refractivity contribution in [2.75, 3.05) is 5.32 Å². The fourth-order valence-corrected chi connectivity index (χ4v) is 5.12. The van der Waals surface area contributed by atoms with Crippen molar-refractivity contribution in [3.63, 3.8) is 0 Å². The Labute approximate surface area is 191 Å². The van der Waals surface area contributed by atoms with E-state index in [0.29, 0.717) is 32.7 Å². The van der Waals surface area contributed by atoms with Crippen LogP contribution < -0.4 is 10.9 Å². The topological polar surface area (TPSA) is 89.8 Å². The average molecular weight is 470 g/mol. The summed E-state index contributed by atoms with van der Waals surface area (Å²) in [6, 6.07) is 6.29. The molecule has 0 saturated carbocycles. The molecule has 1 aromatic carbocycles. The van der Waals surface area contributed by atoms with E-state index in [1.165, 1.54) is 39.5 Å². The van der Waals surface area contributed by atoms with Crippen LogP contribution in [0, 0.1) is 26.6 Å². The number of nitrogens with zero attached hydrogens (tertiary/aromatic N) is 4. The Kier molecular flexibility index (Phi) is 5.98. The van der Waals surface area contributed by atoms with E-state index in [4.69, 9.17) is 0 Å². The van der Waals surface area contributed by atoms with Crippen molar-refractivity contribution in [2.45, 2.75) is 27.2 Å². The second-order valence-electron chi connectivity index (χ2n) is 7.34. The number of carbonyl (C=O) groups is 1. The summed E-state index contributed by atoms with van der Waals surface area (Å²) in [7, 11) is 1.60. The first-order valence-corrected chi connectivity index (χ1v) is 11.4. The maximum Gasteiger partial charge on any atom is 0.277 e. The van der Waals surface area contributed by atoms with E-state index in [1.807, 2.05) is 13.8 Å². The van der Waals surface area contributed by atoms with Gasteiger partial charge in [-0.2, -0.15) is 5.10 Å². The number of hydrogen-bond donors (Lipinski definition) is 1. The van der Waals surface area contributed by atoms with Crippen molar-refractivity contribution in [2.24, 2.45) is 7.05 Å². The number of benzene rings is 1. The average Bonchev–Trinajstić information content (AvgIpc) is 3.34. The number of aromatic nitrogens is 4. The molecule has 32 heavy (non-hydrogen) atoms. The van der Waals surface area contributed by atoms with E-state index in [2.05, 4.69) is 20.4 Å². The number of carbonyl (C=O) groups excluding carboxylic acids is 1. The van der Waals surface area contributed by atoms with Crippen LogP contribution in [0.4, 0.5) is 9.52 Å². The summed E-state index contributed by atoms with van der Waals surface area (Å²) in [5, 5.41) is 7.97. The molecule has 0 aliphatic rings. The fraction of sp³-hybridized carbons (Fsp3) is 0.227. The van der Waals surface area contributed by atoms with Crippen molar-refractivity contribution in [1.82, 2.24) is 19.7 Å². The van der Waals surface area contributed by atoms with Crippen LogP contribution in [-0.2, 0) is 13.5 Å². The SMILES string of the molecule is Cc1nc(-c2c(C)c(C)nn(C)c2=O)sc1C(=O)Nc1ncc(Cc2ccc(F)cc2)s1. The van der Waals surface area contributed by atoms with E-state index in [-0.39, 0.29) is 17.3 Å². The minimum absolute atomic E-state index is 0.251. The van der Waals surface area contributed by atoms with Gasteiger partial charge in [-0.05, 0) is 44.0 Å². The van der Waals surface area contributed by atoms with Crippen LogP contribution in [0.25, 0.3) is 10.6 Å². The van der Waals surface area contributed by atoms with Gasteiger partial charge in [-0.3, -0.25) is 14.9 Å². The van der Waals surface area contributed by atoms with E-state index >= 15 is 0 Å². The van der Waals surface area contributed by atoms with Gasteiger partial charge in [0.1, 0.15) is 15.7 Å². The highest BCUT2D eigenvalue weighted by molar-refractivity contribution is 7.18. The molecule has 0 spiro atoms. The van der Waals surface area contributed by atoms with Crippen LogP contribution in [0.3, 0.4) is 0 Å². The summed E-state index contributed by atoms with van der Waals surface area (Å²) in [4.78, 5) is 35.6. The minimum Gasteiger partial charge on any atom is -0.297 e. The van der Waals surface area contributed by atoms with Gasteiger partial charge in [-0.1, -0.05) is 12.1 Å². The first kappa shape index (κ1) is 22.0. The third-order valence-electron chi connectivity index (χ3n) is 5.01. The maximum atomic E-state index is 13.1. The Hall–Kier alpha value is -3.24. The summed E-state index contributed by atoms with van der Waals surface area (Å²) in [6.07, 6.45) is 2.29. The Morgan fingerprint density at radius 2 is 1.84 bits per heavy atom. The first-order chi connectivity index (χ1) is 15.2. The minimum atomic E-state index is -0.325. The fourth-order valence-electron chi connectivity index (χ4n) is 3.22. The molecule has 164 valence electrons. The Bertz CT molecular complexity index is 1370. The van der Waals surface area contributed by atoms with E-state index in [0.717, 1.165) is 21.7 Å². The van der Waals surface area contributed by atoms with Gasteiger partial charge in [0.05, 0.1) is 17.0 Å². The molecule has 3 heterocycles. The second kappa shape index (κ2) is 8.71. The van der Waals surface area contributed by atoms with Crippen LogP contribution >= 0.6 is 22.7 Å². The Morgan fingerprint density at radius 1 is 1.12 bits per heavy atom. The van der Waals surface area contributed by atoms with Crippen LogP contribution in [0.15, 0.2) is 35.3 Å². The molecule has 0 aliphatic carbocycles. The van der Waals surface area contributed by atoms with Crippen LogP contribution in [0.2, 0.25) is 0 Å². The smallest absolute Gasteiger partial charge is 0.277 e. The highest BCUT2D eigenvalue weighted by Gasteiger charge is 2.21. The standard InChI is InChI=1S/C22H20FN5O2S2/c1-11-12(2)27-28(4)21(30)17(11)20-25-13(3)18(32-20)19(29)26-22-24-10-16(31-22)9-14-5-7-15(23)8-6-14/h5-8,10H,9H2,1-4H3,(H,24,26,29). The van der Waals surface area contributed by atoms with Crippen molar-refractivity contribution in [3.05, 3.63) is 78.9 Å². The first-order valence-electron chi connectivity index (χ1n) is 9.75. The van der Waals surface area contributed by atoms with Gasteiger partial charge in [0.2, 0.25) is 0 Å². The van der Waals surface area contributed by atoms with Gasteiger partial charge < -0.3 is 0 Å². The molecule has 0 bridgehead atoms. The predicted octanol–water partition coefficient (Wildman–Crippen LogP) is 4.27. The molecular formula is C22H20FN5O2S2. The number of amides is 1. The lowest BCUT2D eigenvalue weighted by Crippen LogP contribution is -2.23. The molecule has 0 radical (unpaired) electrons. The summed E-state index contributed by atoms with van der Waals surface area (Å²) in [5.74, 6) is -0.602. The molecule has 0 atom stereocenters. The van der Waals surface area contributed by atoms with Crippen molar-refractivity contribution >= 4 is 33.7 Å². The van der Waals surface area contributed by atoms with Gasteiger partial charge >= 0.3 is 0 Å². The van der Waals surface area contributed by atoms with Crippen LogP contribution in [-0.4, -0.2) is 25.7 Å². The summed E-state index contributed by atoms with van der Waals surface area (Å²) < 4.78 is 14.4. The van der Waals surface area contributed by atoms with E-state index in [1.54, 1.807) is 32.3 Å². The third-order valence-corrected chi connectivity index (χ3v) is 7.09. The molecule has 10 heteroatoms. The predicted molar refractivity (Wildman–Crippen MR) is 124 cm³/mol. The van der Waals surface area contributed by atoms with Gasteiger partial charge in [-0.15, -0.1) is 22.7 Å². The number of anilines is 1. The molecule has 0 aliphatic heterocycles. The van der Waals surface area contributed by atoms with Crippen LogP contribution in [0.1, 0.15) is 37.1 Å². The van der Waals surface area contributed by atoms with Crippen molar-refractivity contribution < 1.29 is 9.18 Å². The maximum absolute atomic E-state index is 13.1. The molecule has 0 unspecified atom stereocenters. The summed E-state index contributed by atoms with van der Waals surface area (Å²) >= 11 is 2.53. The molecule has 0 fully saturated rings. The number of nitrogens with one attached hydrogen (secondary N) is 1. The van der Waals surface area contributed by atoms with Crippen LogP contribution in [0.5, 0.6) is 0 Å². The van der Waals surface area contributed by atoms with Gasteiger partial charge in [-0.25, -0.2) is 19.0 Å². The van der Waals surface area contributed by atoms with Crippen molar-refractivity contribution in [3.8, 4) is 10.6 Å². The number of aryl methyl sites for hydroxylation is 3. The van der Waals surface area contributed by atoms with Gasteiger partial charge in [0, 0.05) is 24.5 Å². The zero-order valence-electron chi connectivity index (χ0n) is 17.9. The molecule has 1 amide bonds. The largest absolute Gasteiger partial charge is 0.297 e. The number of halogens is 1. The zero-order chi connectivity index (χ0) is 23.0. The molecule has 3 aromatic heterocycles. The lowest BCUT2D eigenvalue weighted by atomic mass is 10.1. The number of thiazole rings is 2. The molecule has 4 rings (SSSR count). The molecule has 7 nitrogen and oxygen atoms in total. The molecule has 4 aromatic rings. The van der Waals surface area contributed by atoms with E-state index in [9.17, 15) is 14.0 Å².